The van der Waals surface area contributed by atoms with E-state index in [1.807, 2.05) is 36.4 Å². The van der Waals surface area contributed by atoms with Crippen molar-refractivity contribution in [1.29, 1.82) is 5.26 Å². The van der Waals surface area contributed by atoms with E-state index in [0.29, 0.717) is 16.5 Å². The van der Waals surface area contributed by atoms with Crippen molar-refractivity contribution in [3.05, 3.63) is 57.5 Å². The van der Waals surface area contributed by atoms with E-state index in [-0.39, 0.29) is 6.61 Å². The van der Waals surface area contributed by atoms with Crippen LogP contribution >= 0.6 is 27.5 Å². The number of rotatable bonds is 5. The molecule has 21 heavy (non-hydrogen) atoms. The lowest BCUT2D eigenvalue weighted by Gasteiger charge is -2.06. The summed E-state index contributed by atoms with van der Waals surface area (Å²) in [5, 5.41) is 13.3. The number of nitrogens with zero attached hydrogens (tertiary/aromatic N) is 2. The fraction of sp³-hybridized carbons (Fsp3) is 0.0667. The lowest BCUT2D eigenvalue weighted by atomic mass is 10.2. The molecule has 1 N–H and O–H groups in total. The molecule has 0 aliphatic rings. The summed E-state index contributed by atoms with van der Waals surface area (Å²) >= 11 is 9.42. The zero-order chi connectivity index (χ0) is 15.1. The third-order valence-corrected chi connectivity index (χ3v) is 3.35. The Balaban J connectivity index is 2.15. The molecule has 0 radical (unpaired) electrons. The van der Waals surface area contributed by atoms with E-state index in [1.54, 1.807) is 18.3 Å². The van der Waals surface area contributed by atoms with Crippen molar-refractivity contribution in [2.75, 3.05) is 12.0 Å². The van der Waals surface area contributed by atoms with Crippen molar-refractivity contribution in [3.63, 3.8) is 0 Å². The number of benzene rings is 2. The minimum Gasteiger partial charge on any atom is -0.478 e. The maximum Gasteiger partial charge on any atom is 0.174 e. The fourth-order valence-electron chi connectivity index (χ4n) is 1.58. The van der Waals surface area contributed by atoms with Crippen molar-refractivity contribution in [2.45, 2.75) is 0 Å². The zero-order valence-corrected chi connectivity index (χ0v) is 13.2. The number of hydrogen-bond acceptors (Lipinski definition) is 4. The van der Waals surface area contributed by atoms with Gasteiger partial charge in [-0.3, -0.25) is 5.43 Å². The van der Waals surface area contributed by atoms with Crippen molar-refractivity contribution < 1.29 is 4.74 Å². The molecular weight excluding hydrogens is 354 g/mol. The molecule has 0 spiro atoms. The van der Waals surface area contributed by atoms with Crippen LogP contribution in [0.15, 0.2) is 52.0 Å². The molecule has 4 nitrogen and oxygen atoms in total. The van der Waals surface area contributed by atoms with E-state index in [1.165, 1.54) is 0 Å². The second-order valence-electron chi connectivity index (χ2n) is 3.98. The molecule has 0 amide bonds. The molecule has 106 valence electrons. The van der Waals surface area contributed by atoms with E-state index in [0.717, 1.165) is 10.0 Å². The molecule has 0 heterocycles. The third kappa shape index (κ3) is 4.48. The lowest BCUT2D eigenvalue weighted by Crippen LogP contribution is -1.98. The van der Waals surface area contributed by atoms with Gasteiger partial charge in [-0.2, -0.15) is 10.4 Å². The molecule has 2 aromatic rings. The Bertz CT molecular complexity index is 698. The Morgan fingerprint density at radius 1 is 1.33 bits per heavy atom. The van der Waals surface area contributed by atoms with Crippen LogP contribution in [-0.2, 0) is 0 Å². The smallest absolute Gasteiger partial charge is 0.174 e. The molecule has 0 aliphatic heterocycles. The molecule has 0 aromatic heterocycles. The molecule has 0 aliphatic carbocycles. The molecule has 2 aromatic carbocycles. The maximum absolute atomic E-state index is 8.58. The van der Waals surface area contributed by atoms with Gasteiger partial charge in [0.1, 0.15) is 11.8 Å². The normalized spacial score (nSPS) is 10.3. The van der Waals surface area contributed by atoms with Crippen LogP contribution in [0.25, 0.3) is 0 Å². The maximum atomic E-state index is 8.58. The summed E-state index contributed by atoms with van der Waals surface area (Å²) in [6.07, 6.45) is 1.61. The number of nitriles is 1. The average Bonchev–Trinajstić information content (AvgIpc) is 2.48. The van der Waals surface area contributed by atoms with Gasteiger partial charge in [0.05, 0.1) is 16.9 Å². The van der Waals surface area contributed by atoms with Gasteiger partial charge in [0.15, 0.2) is 6.61 Å². The number of hydrogen-bond donors (Lipinski definition) is 1. The summed E-state index contributed by atoms with van der Waals surface area (Å²) in [7, 11) is 0. The standard InChI is InChI=1S/C15H11BrClN3O/c16-12-5-6-15(21-8-7-18)11(9-12)10-19-20-14-4-2-1-3-13(14)17/h1-6,9-10,20H,8H2/b19-10+. The van der Waals surface area contributed by atoms with E-state index < -0.39 is 0 Å². The minimum atomic E-state index is -0.0135. The van der Waals surface area contributed by atoms with Crippen LogP contribution in [-0.4, -0.2) is 12.8 Å². The monoisotopic (exact) mass is 363 g/mol. The highest BCUT2D eigenvalue weighted by Gasteiger charge is 2.03. The predicted octanol–water partition coefficient (Wildman–Crippen LogP) is 4.45. The fourth-order valence-corrected chi connectivity index (χ4v) is 2.14. The van der Waals surface area contributed by atoms with Crippen molar-refractivity contribution in [3.8, 4) is 11.8 Å². The number of hydrazone groups is 1. The summed E-state index contributed by atoms with van der Waals surface area (Å²) in [6.45, 7) is -0.0135. The molecule has 0 atom stereocenters. The molecule has 0 unspecified atom stereocenters. The van der Waals surface area contributed by atoms with Gasteiger partial charge >= 0.3 is 0 Å². The number of ether oxygens (including phenoxy) is 1. The molecular formula is C15H11BrClN3O. The highest BCUT2D eigenvalue weighted by atomic mass is 79.9. The second kappa shape index (κ2) is 7.67. The van der Waals surface area contributed by atoms with Crippen LogP contribution in [0.3, 0.4) is 0 Å². The Kier molecular flexibility index (Phi) is 5.61. The summed E-state index contributed by atoms with van der Waals surface area (Å²) < 4.78 is 6.24. The van der Waals surface area contributed by atoms with Crippen LogP contribution in [0.4, 0.5) is 5.69 Å². The van der Waals surface area contributed by atoms with Crippen LogP contribution in [0, 0.1) is 11.3 Å². The topological polar surface area (TPSA) is 57.4 Å². The molecule has 6 heteroatoms. The van der Waals surface area contributed by atoms with Crippen molar-refractivity contribution in [2.24, 2.45) is 5.10 Å². The van der Waals surface area contributed by atoms with Crippen molar-refractivity contribution >= 4 is 39.4 Å². The van der Waals surface area contributed by atoms with Crippen LogP contribution < -0.4 is 10.2 Å². The van der Waals surface area contributed by atoms with Gasteiger partial charge in [-0.1, -0.05) is 39.7 Å². The summed E-state index contributed by atoms with van der Waals surface area (Å²) in [4.78, 5) is 0. The number of para-hydroxylation sites is 1. The van der Waals surface area contributed by atoms with Gasteiger partial charge in [0.25, 0.3) is 0 Å². The SMILES string of the molecule is N#CCOc1ccc(Br)cc1/C=N/Nc1ccccc1Cl. The average molecular weight is 365 g/mol. The number of nitrogens with one attached hydrogen (secondary N) is 1. The number of anilines is 1. The van der Waals surface area contributed by atoms with E-state index in [2.05, 4.69) is 26.5 Å². The van der Waals surface area contributed by atoms with Crippen LogP contribution in [0.5, 0.6) is 5.75 Å². The Hall–Kier alpha value is -2.03. The first-order valence-electron chi connectivity index (χ1n) is 6.03. The van der Waals surface area contributed by atoms with Gasteiger partial charge in [-0.05, 0) is 30.3 Å². The first-order chi connectivity index (χ1) is 10.2. The molecule has 0 saturated heterocycles. The van der Waals surface area contributed by atoms with E-state index >= 15 is 0 Å². The van der Waals surface area contributed by atoms with Crippen LogP contribution in [0.2, 0.25) is 5.02 Å². The third-order valence-electron chi connectivity index (χ3n) is 2.53. The highest BCUT2D eigenvalue weighted by Crippen LogP contribution is 2.23. The van der Waals surface area contributed by atoms with Crippen molar-refractivity contribution in [1.82, 2.24) is 0 Å². The second-order valence-corrected chi connectivity index (χ2v) is 5.30. The first-order valence-corrected chi connectivity index (χ1v) is 7.20. The zero-order valence-electron chi connectivity index (χ0n) is 10.9. The first kappa shape index (κ1) is 15.4. The highest BCUT2D eigenvalue weighted by molar-refractivity contribution is 9.10. The Morgan fingerprint density at radius 3 is 2.90 bits per heavy atom. The van der Waals surface area contributed by atoms with Gasteiger partial charge < -0.3 is 4.74 Å². The van der Waals surface area contributed by atoms with Crippen LogP contribution in [0.1, 0.15) is 5.56 Å². The lowest BCUT2D eigenvalue weighted by molar-refractivity contribution is 0.367. The predicted molar refractivity (Wildman–Crippen MR) is 87.9 cm³/mol. The summed E-state index contributed by atoms with van der Waals surface area (Å²) in [6, 6.07) is 14.7. The number of halogens is 2. The Morgan fingerprint density at radius 2 is 2.14 bits per heavy atom. The Labute approximate surface area is 136 Å². The largest absolute Gasteiger partial charge is 0.478 e. The van der Waals surface area contributed by atoms with Gasteiger partial charge in [0.2, 0.25) is 0 Å². The molecule has 0 fully saturated rings. The summed E-state index contributed by atoms with van der Waals surface area (Å²) in [5.74, 6) is 0.587. The molecule has 0 saturated carbocycles. The van der Waals surface area contributed by atoms with Gasteiger partial charge in [-0.25, -0.2) is 0 Å². The summed E-state index contributed by atoms with van der Waals surface area (Å²) in [5.41, 5.74) is 4.33. The quantitative estimate of drug-likeness (QED) is 0.630. The van der Waals surface area contributed by atoms with E-state index in [4.69, 9.17) is 21.6 Å². The molecule has 0 bridgehead atoms. The van der Waals surface area contributed by atoms with Gasteiger partial charge in [0, 0.05) is 10.0 Å². The van der Waals surface area contributed by atoms with Gasteiger partial charge in [-0.15, -0.1) is 0 Å². The van der Waals surface area contributed by atoms with E-state index in [9.17, 15) is 0 Å². The molecule has 2 rings (SSSR count). The minimum absolute atomic E-state index is 0.0135.